The fourth-order valence-electron chi connectivity index (χ4n) is 1.95. The number of hydrogen-bond donors (Lipinski definition) is 1. The van der Waals surface area contributed by atoms with Gasteiger partial charge in [0, 0.05) is 20.1 Å². The molecular formula is C13H18F2IN3O. The van der Waals surface area contributed by atoms with Gasteiger partial charge in [-0.2, -0.15) is 8.78 Å². The van der Waals surface area contributed by atoms with Crippen molar-refractivity contribution in [3.05, 3.63) is 29.8 Å². The van der Waals surface area contributed by atoms with Crippen LogP contribution >= 0.6 is 24.0 Å². The Balaban J connectivity index is 0.00000200. The predicted molar refractivity (Wildman–Crippen MR) is 85.1 cm³/mol. The molecule has 1 heterocycles. The van der Waals surface area contributed by atoms with E-state index in [0.717, 1.165) is 24.6 Å². The first-order valence-corrected chi connectivity index (χ1v) is 6.19. The SMILES string of the molecule is CN1CCN=C1NCCc1ccccc1OC(F)F.I. The van der Waals surface area contributed by atoms with E-state index in [1.165, 1.54) is 0 Å². The number of likely N-dealkylation sites (N-methyl/N-ethyl adjacent to an activating group) is 1. The first-order valence-electron chi connectivity index (χ1n) is 6.19. The van der Waals surface area contributed by atoms with Gasteiger partial charge in [-0.15, -0.1) is 24.0 Å². The van der Waals surface area contributed by atoms with E-state index < -0.39 is 6.61 Å². The molecule has 20 heavy (non-hydrogen) atoms. The molecule has 7 heteroatoms. The zero-order valence-electron chi connectivity index (χ0n) is 11.2. The second kappa shape index (κ2) is 8.23. The summed E-state index contributed by atoms with van der Waals surface area (Å²) in [6.45, 7) is -0.455. The highest BCUT2D eigenvalue weighted by atomic mass is 127. The van der Waals surface area contributed by atoms with Crippen LogP contribution in [0.2, 0.25) is 0 Å². The largest absolute Gasteiger partial charge is 0.435 e. The van der Waals surface area contributed by atoms with Crippen molar-refractivity contribution in [2.45, 2.75) is 13.0 Å². The number of nitrogens with one attached hydrogen (secondary N) is 1. The molecule has 1 aliphatic heterocycles. The molecule has 0 spiro atoms. The van der Waals surface area contributed by atoms with Crippen LogP contribution in [-0.4, -0.2) is 44.2 Å². The molecule has 0 fully saturated rings. The van der Waals surface area contributed by atoms with E-state index in [9.17, 15) is 8.78 Å². The van der Waals surface area contributed by atoms with Gasteiger partial charge in [0.25, 0.3) is 0 Å². The van der Waals surface area contributed by atoms with Crippen LogP contribution < -0.4 is 10.1 Å². The summed E-state index contributed by atoms with van der Waals surface area (Å²) in [4.78, 5) is 6.33. The average molecular weight is 397 g/mol. The van der Waals surface area contributed by atoms with E-state index in [1.807, 2.05) is 18.0 Å². The van der Waals surface area contributed by atoms with Crippen molar-refractivity contribution < 1.29 is 13.5 Å². The lowest BCUT2D eigenvalue weighted by atomic mass is 10.1. The van der Waals surface area contributed by atoms with Crippen molar-refractivity contribution in [3.8, 4) is 5.75 Å². The van der Waals surface area contributed by atoms with Crippen LogP contribution in [0.25, 0.3) is 0 Å². The summed E-state index contributed by atoms with van der Waals surface area (Å²) in [5.41, 5.74) is 0.761. The fourth-order valence-corrected chi connectivity index (χ4v) is 1.95. The fraction of sp³-hybridized carbons (Fsp3) is 0.462. The number of nitrogens with zero attached hydrogens (tertiary/aromatic N) is 2. The van der Waals surface area contributed by atoms with Crippen molar-refractivity contribution in [1.29, 1.82) is 0 Å². The molecule has 0 unspecified atom stereocenters. The Bertz CT molecular complexity index is 457. The standard InChI is InChI=1S/C13H17F2N3O.HI/c1-18-9-8-17-13(18)16-7-6-10-4-2-3-5-11(10)19-12(14)15;/h2-5,12H,6-9H2,1H3,(H,16,17);1H. The van der Waals surface area contributed by atoms with Crippen LogP contribution in [-0.2, 0) is 6.42 Å². The Kier molecular flexibility index (Phi) is 6.97. The van der Waals surface area contributed by atoms with Crippen LogP contribution in [0.1, 0.15) is 5.56 Å². The van der Waals surface area contributed by atoms with Crippen molar-refractivity contribution in [2.24, 2.45) is 4.99 Å². The number of ether oxygens (including phenoxy) is 1. The van der Waals surface area contributed by atoms with E-state index in [4.69, 9.17) is 0 Å². The molecule has 1 aromatic carbocycles. The average Bonchev–Trinajstić information content (AvgIpc) is 2.77. The second-order valence-corrected chi connectivity index (χ2v) is 4.29. The van der Waals surface area contributed by atoms with Crippen LogP contribution in [0.3, 0.4) is 0 Å². The normalized spacial score (nSPS) is 14.0. The van der Waals surface area contributed by atoms with Gasteiger partial charge in [0.2, 0.25) is 0 Å². The maximum Gasteiger partial charge on any atom is 0.387 e. The summed E-state index contributed by atoms with van der Waals surface area (Å²) < 4.78 is 29.0. The van der Waals surface area contributed by atoms with Crippen LogP contribution in [0.5, 0.6) is 5.75 Å². The number of guanidine groups is 1. The van der Waals surface area contributed by atoms with Gasteiger partial charge in [-0.1, -0.05) is 18.2 Å². The Morgan fingerprint density at radius 2 is 2.15 bits per heavy atom. The lowest BCUT2D eigenvalue weighted by Crippen LogP contribution is -2.36. The van der Waals surface area contributed by atoms with E-state index in [1.54, 1.807) is 18.2 Å². The van der Waals surface area contributed by atoms with Gasteiger partial charge in [0.15, 0.2) is 5.96 Å². The number of para-hydroxylation sites is 1. The van der Waals surface area contributed by atoms with Gasteiger partial charge in [-0.05, 0) is 18.1 Å². The molecule has 1 aliphatic rings. The lowest BCUT2D eigenvalue weighted by Gasteiger charge is -2.16. The summed E-state index contributed by atoms with van der Waals surface area (Å²) in [5.74, 6) is 1.09. The molecule has 1 N–H and O–H groups in total. The summed E-state index contributed by atoms with van der Waals surface area (Å²) in [7, 11) is 1.96. The van der Waals surface area contributed by atoms with E-state index in [0.29, 0.717) is 13.0 Å². The minimum absolute atomic E-state index is 0. The topological polar surface area (TPSA) is 36.9 Å². The van der Waals surface area contributed by atoms with Crippen LogP contribution in [0.4, 0.5) is 8.78 Å². The highest BCUT2D eigenvalue weighted by Gasteiger charge is 2.12. The molecule has 4 nitrogen and oxygen atoms in total. The summed E-state index contributed by atoms with van der Waals surface area (Å²) in [5, 5.41) is 3.19. The number of rotatable bonds is 5. The maximum atomic E-state index is 12.3. The summed E-state index contributed by atoms with van der Waals surface area (Å²) >= 11 is 0. The quantitative estimate of drug-likeness (QED) is 0.776. The van der Waals surface area contributed by atoms with Gasteiger partial charge < -0.3 is 15.0 Å². The Morgan fingerprint density at radius 1 is 1.40 bits per heavy atom. The maximum absolute atomic E-state index is 12.3. The van der Waals surface area contributed by atoms with Gasteiger partial charge in [0.05, 0.1) is 6.54 Å². The molecule has 0 atom stereocenters. The molecular weight excluding hydrogens is 379 g/mol. The lowest BCUT2D eigenvalue weighted by molar-refractivity contribution is -0.0504. The summed E-state index contributed by atoms with van der Waals surface area (Å²) in [6.07, 6.45) is 0.607. The second-order valence-electron chi connectivity index (χ2n) is 4.29. The highest BCUT2D eigenvalue weighted by molar-refractivity contribution is 14.0. The predicted octanol–water partition coefficient (Wildman–Crippen LogP) is 2.34. The van der Waals surface area contributed by atoms with Crippen molar-refractivity contribution in [2.75, 3.05) is 26.7 Å². The van der Waals surface area contributed by atoms with Gasteiger partial charge >= 0.3 is 6.61 Å². The third kappa shape index (κ3) is 4.77. The van der Waals surface area contributed by atoms with Crippen molar-refractivity contribution in [1.82, 2.24) is 10.2 Å². The molecule has 0 aromatic heterocycles. The minimum atomic E-state index is -2.79. The highest BCUT2D eigenvalue weighted by Crippen LogP contribution is 2.20. The number of aliphatic imine (C=N–C) groups is 1. The monoisotopic (exact) mass is 397 g/mol. The smallest absolute Gasteiger partial charge is 0.387 e. The first kappa shape index (κ1) is 16.9. The molecule has 0 saturated carbocycles. The van der Waals surface area contributed by atoms with Gasteiger partial charge in [-0.3, -0.25) is 4.99 Å². The van der Waals surface area contributed by atoms with Crippen molar-refractivity contribution >= 4 is 29.9 Å². The Hall–Kier alpha value is -1.12. The molecule has 0 amide bonds. The van der Waals surface area contributed by atoms with E-state index in [2.05, 4.69) is 15.0 Å². The third-order valence-electron chi connectivity index (χ3n) is 2.92. The first-order chi connectivity index (χ1) is 9.16. The van der Waals surface area contributed by atoms with Gasteiger partial charge in [-0.25, -0.2) is 0 Å². The van der Waals surface area contributed by atoms with E-state index in [-0.39, 0.29) is 29.7 Å². The number of halogens is 3. The van der Waals surface area contributed by atoms with Gasteiger partial charge in [0.1, 0.15) is 5.75 Å². The summed E-state index contributed by atoms with van der Waals surface area (Å²) in [6, 6.07) is 6.84. The molecule has 2 rings (SSSR count). The third-order valence-corrected chi connectivity index (χ3v) is 2.92. The zero-order chi connectivity index (χ0) is 13.7. The van der Waals surface area contributed by atoms with Crippen LogP contribution in [0.15, 0.2) is 29.3 Å². The minimum Gasteiger partial charge on any atom is -0.435 e. The molecule has 0 saturated heterocycles. The Morgan fingerprint density at radius 3 is 2.80 bits per heavy atom. The number of benzene rings is 1. The molecule has 0 bridgehead atoms. The van der Waals surface area contributed by atoms with E-state index >= 15 is 0 Å². The molecule has 0 aliphatic carbocycles. The van der Waals surface area contributed by atoms with Crippen LogP contribution in [0, 0.1) is 0 Å². The Labute approximate surface area is 134 Å². The molecule has 0 radical (unpaired) electrons. The number of alkyl halides is 2. The molecule has 112 valence electrons. The zero-order valence-corrected chi connectivity index (χ0v) is 13.5. The number of hydrogen-bond acceptors (Lipinski definition) is 4. The molecule has 1 aromatic rings. The van der Waals surface area contributed by atoms with Crippen molar-refractivity contribution in [3.63, 3.8) is 0 Å².